The number of carbonyl (C=O) groups is 1. The van der Waals surface area contributed by atoms with Crippen LogP contribution in [0.4, 0.5) is 0 Å². The summed E-state index contributed by atoms with van der Waals surface area (Å²) in [6.07, 6.45) is 0. The van der Waals surface area contributed by atoms with Crippen LogP contribution in [0, 0.1) is 0 Å². The maximum atomic E-state index is 13.0. The molecule has 1 aliphatic rings. The highest BCUT2D eigenvalue weighted by atomic mass is 35.5. The van der Waals surface area contributed by atoms with Gasteiger partial charge in [0.15, 0.2) is 0 Å². The fourth-order valence-corrected chi connectivity index (χ4v) is 3.56. The zero-order valence-electron chi connectivity index (χ0n) is 14.5. The predicted molar refractivity (Wildman–Crippen MR) is 103 cm³/mol. The van der Waals surface area contributed by atoms with E-state index in [2.05, 4.69) is 15.6 Å². The highest BCUT2D eigenvalue weighted by Gasteiger charge is 2.28. The summed E-state index contributed by atoms with van der Waals surface area (Å²) in [7, 11) is 0. The van der Waals surface area contributed by atoms with Crippen LogP contribution >= 0.6 is 11.6 Å². The van der Waals surface area contributed by atoms with Gasteiger partial charge in [-0.15, -0.1) is 5.10 Å². The molecule has 8 heteroatoms. The molecule has 0 saturated carbocycles. The standard InChI is InChI=1S/C19H18ClN5O2/c20-14-5-3-4-13(10-14)17-11-21-8-9-24(17)18(26)12-25-19(27)15-6-1-2-7-16(15)22-23-25/h1-7,10,17,21H,8-9,11-12H2. The van der Waals surface area contributed by atoms with Gasteiger partial charge in [0.25, 0.3) is 5.56 Å². The molecule has 3 aromatic rings. The van der Waals surface area contributed by atoms with E-state index >= 15 is 0 Å². The Kier molecular flexibility index (Phi) is 4.87. The molecule has 1 aromatic heterocycles. The first-order valence-electron chi connectivity index (χ1n) is 8.72. The molecule has 138 valence electrons. The van der Waals surface area contributed by atoms with Crippen LogP contribution in [0.25, 0.3) is 10.9 Å². The maximum Gasteiger partial charge on any atom is 0.278 e. The highest BCUT2D eigenvalue weighted by molar-refractivity contribution is 6.30. The van der Waals surface area contributed by atoms with Crippen LogP contribution in [0.2, 0.25) is 5.02 Å². The van der Waals surface area contributed by atoms with Crippen molar-refractivity contribution >= 4 is 28.4 Å². The molecule has 0 spiro atoms. The molecule has 1 amide bonds. The first-order chi connectivity index (χ1) is 13.1. The molecule has 1 atom stereocenters. The summed E-state index contributed by atoms with van der Waals surface area (Å²) >= 11 is 6.11. The minimum Gasteiger partial charge on any atom is -0.331 e. The van der Waals surface area contributed by atoms with E-state index in [0.29, 0.717) is 35.6 Å². The molecular weight excluding hydrogens is 366 g/mol. The van der Waals surface area contributed by atoms with Gasteiger partial charge in [-0.25, -0.2) is 4.68 Å². The topological polar surface area (TPSA) is 80.1 Å². The monoisotopic (exact) mass is 383 g/mol. The number of nitrogens with zero attached hydrogens (tertiary/aromatic N) is 4. The van der Waals surface area contributed by atoms with Gasteiger partial charge < -0.3 is 10.2 Å². The van der Waals surface area contributed by atoms with E-state index in [1.165, 1.54) is 0 Å². The minimum atomic E-state index is -0.316. The molecule has 2 aromatic carbocycles. The second kappa shape index (κ2) is 7.46. The van der Waals surface area contributed by atoms with Crippen LogP contribution in [0.3, 0.4) is 0 Å². The SMILES string of the molecule is O=C(Cn1nnc2ccccc2c1=O)N1CCNCC1c1cccc(Cl)c1. The molecule has 0 aliphatic carbocycles. The van der Waals surface area contributed by atoms with Crippen molar-refractivity contribution in [3.8, 4) is 0 Å². The van der Waals surface area contributed by atoms with Gasteiger partial charge in [-0.1, -0.05) is 41.1 Å². The predicted octanol–water partition coefficient (Wildman–Crippen LogP) is 1.62. The number of piperazine rings is 1. The molecule has 1 aliphatic heterocycles. The van der Waals surface area contributed by atoms with Crippen LogP contribution in [0.15, 0.2) is 53.3 Å². The minimum absolute atomic E-state index is 0.144. The Balaban J connectivity index is 1.61. The Bertz CT molecular complexity index is 1050. The van der Waals surface area contributed by atoms with E-state index in [1.54, 1.807) is 35.2 Å². The Hall–Kier alpha value is -2.77. The van der Waals surface area contributed by atoms with E-state index in [1.807, 2.05) is 18.2 Å². The summed E-state index contributed by atoms with van der Waals surface area (Å²) < 4.78 is 1.13. The number of carbonyl (C=O) groups excluding carboxylic acids is 1. The lowest BCUT2D eigenvalue weighted by Crippen LogP contribution is -2.50. The fraction of sp³-hybridized carbons (Fsp3) is 0.263. The van der Waals surface area contributed by atoms with Gasteiger partial charge in [0.05, 0.1) is 11.4 Å². The number of halogens is 1. The quantitative estimate of drug-likeness (QED) is 0.743. The number of amides is 1. The lowest BCUT2D eigenvalue weighted by molar-refractivity contribution is -0.135. The van der Waals surface area contributed by atoms with Crippen molar-refractivity contribution in [2.75, 3.05) is 19.6 Å². The van der Waals surface area contributed by atoms with Crippen molar-refractivity contribution in [3.63, 3.8) is 0 Å². The first kappa shape index (κ1) is 17.6. The number of hydrogen-bond acceptors (Lipinski definition) is 5. The van der Waals surface area contributed by atoms with Gasteiger partial charge in [-0.05, 0) is 29.8 Å². The number of benzene rings is 2. The van der Waals surface area contributed by atoms with E-state index in [9.17, 15) is 9.59 Å². The first-order valence-corrected chi connectivity index (χ1v) is 9.09. The summed E-state index contributed by atoms with van der Waals surface area (Å²) in [5.41, 5.74) is 1.16. The second-order valence-electron chi connectivity index (χ2n) is 6.43. The molecule has 1 saturated heterocycles. The average Bonchev–Trinajstić information content (AvgIpc) is 2.70. The molecule has 27 heavy (non-hydrogen) atoms. The normalized spacial score (nSPS) is 17.2. The van der Waals surface area contributed by atoms with Crippen molar-refractivity contribution in [2.45, 2.75) is 12.6 Å². The van der Waals surface area contributed by atoms with Gasteiger partial charge in [0.2, 0.25) is 5.91 Å². The lowest BCUT2D eigenvalue weighted by Gasteiger charge is -2.36. The van der Waals surface area contributed by atoms with Crippen molar-refractivity contribution in [1.29, 1.82) is 0 Å². The van der Waals surface area contributed by atoms with Gasteiger partial charge in [-0.2, -0.15) is 0 Å². The van der Waals surface area contributed by atoms with Crippen LogP contribution in [0.5, 0.6) is 0 Å². The summed E-state index contributed by atoms with van der Waals surface area (Å²) in [6, 6.07) is 14.3. The van der Waals surface area contributed by atoms with Crippen LogP contribution in [-0.2, 0) is 11.3 Å². The molecule has 1 fully saturated rings. The number of hydrogen-bond donors (Lipinski definition) is 1. The Morgan fingerprint density at radius 3 is 2.93 bits per heavy atom. The Labute approximate surface area is 160 Å². The number of rotatable bonds is 3. The van der Waals surface area contributed by atoms with Gasteiger partial charge in [0.1, 0.15) is 12.1 Å². The van der Waals surface area contributed by atoms with Crippen molar-refractivity contribution in [1.82, 2.24) is 25.2 Å². The number of fused-ring (bicyclic) bond motifs is 1. The second-order valence-corrected chi connectivity index (χ2v) is 6.87. The molecular formula is C19H18ClN5O2. The number of nitrogens with one attached hydrogen (secondary N) is 1. The average molecular weight is 384 g/mol. The largest absolute Gasteiger partial charge is 0.331 e. The van der Waals surface area contributed by atoms with Crippen molar-refractivity contribution < 1.29 is 4.79 Å². The van der Waals surface area contributed by atoms with E-state index in [4.69, 9.17) is 11.6 Å². The third-order valence-electron chi connectivity index (χ3n) is 4.71. The van der Waals surface area contributed by atoms with Crippen LogP contribution in [-0.4, -0.2) is 45.4 Å². The van der Waals surface area contributed by atoms with Crippen LogP contribution < -0.4 is 10.9 Å². The lowest BCUT2D eigenvalue weighted by atomic mass is 10.0. The molecule has 0 radical (unpaired) electrons. The zero-order valence-corrected chi connectivity index (χ0v) is 15.3. The Morgan fingerprint density at radius 1 is 1.22 bits per heavy atom. The van der Waals surface area contributed by atoms with Crippen LogP contribution in [0.1, 0.15) is 11.6 Å². The molecule has 2 heterocycles. The van der Waals surface area contributed by atoms with Gasteiger partial charge in [0, 0.05) is 24.7 Å². The van der Waals surface area contributed by atoms with E-state index in [0.717, 1.165) is 10.2 Å². The molecule has 4 rings (SSSR count). The summed E-state index contributed by atoms with van der Waals surface area (Å²) in [5, 5.41) is 12.3. The van der Waals surface area contributed by atoms with Gasteiger partial charge in [-0.3, -0.25) is 9.59 Å². The van der Waals surface area contributed by atoms with Crippen molar-refractivity contribution in [3.05, 3.63) is 69.5 Å². The van der Waals surface area contributed by atoms with Gasteiger partial charge >= 0.3 is 0 Å². The Morgan fingerprint density at radius 2 is 2.07 bits per heavy atom. The molecule has 1 unspecified atom stereocenters. The molecule has 1 N–H and O–H groups in total. The maximum absolute atomic E-state index is 13.0. The highest BCUT2D eigenvalue weighted by Crippen LogP contribution is 2.25. The van der Waals surface area contributed by atoms with E-state index in [-0.39, 0.29) is 24.1 Å². The van der Waals surface area contributed by atoms with Crippen molar-refractivity contribution in [2.24, 2.45) is 0 Å². The summed E-state index contributed by atoms with van der Waals surface area (Å²) in [6.45, 7) is 1.73. The smallest absolute Gasteiger partial charge is 0.278 e. The fourth-order valence-electron chi connectivity index (χ4n) is 3.36. The molecule has 0 bridgehead atoms. The summed E-state index contributed by atoms with van der Waals surface area (Å²) in [4.78, 5) is 27.3. The summed E-state index contributed by atoms with van der Waals surface area (Å²) in [5.74, 6) is -0.173. The molecule has 7 nitrogen and oxygen atoms in total. The third kappa shape index (κ3) is 3.56. The zero-order chi connectivity index (χ0) is 18.8. The third-order valence-corrected chi connectivity index (χ3v) is 4.95. The van der Waals surface area contributed by atoms with E-state index < -0.39 is 0 Å². The number of aromatic nitrogens is 3.